The molecule has 2 aromatic heterocycles. The predicted octanol–water partition coefficient (Wildman–Crippen LogP) is 5.08. The van der Waals surface area contributed by atoms with Gasteiger partial charge in [-0.15, -0.1) is 12.4 Å². The number of ether oxygens (including phenoxy) is 1. The fraction of sp³-hybridized carbons (Fsp3) is 0.607. The molecule has 1 N–H and O–H groups in total. The molecule has 0 unspecified atom stereocenters. The number of anilines is 2. The van der Waals surface area contributed by atoms with E-state index < -0.39 is 5.60 Å². The van der Waals surface area contributed by atoms with Crippen molar-refractivity contribution in [1.29, 1.82) is 0 Å². The van der Waals surface area contributed by atoms with Gasteiger partial charge in [-0.2, -0.15) is 0 Å². The van der Waals surface area contributed by atoms with Gasteiger partial charge < -0.3 is 24.8 Å². The highest BCUT2D eigenvalue weighted by Crippen LogP contribution is 2.21. The third-order valence-electron chi connectivity index (χ3n) is 6.15. The molecular weight excluding hydrogens is 488 g/mol. The first-order valence-corrected chi connectivity index (χ1v) is 12.7. The van der Waals surface area contributed by atoms with Gasteiger partial charge in [0.1, 0.15) is 5.60 Å². The van der Waals surface area contributed by atoms with E-state index in [9.17, 15) is 4.79 Å². The highest BCUT2D eigenvalue weighted by atomic mass is 35.5. The molecule has 208 valence electrons. The molecule has 8 nitrogen and oxygen atoms in total. The molecule has 2 saturated heterocycles. The third kappa shape index (κ3) is 10.4. The Balaban J connectivity index is 0.000000375. The van der Waals surface area contributed by atoms with Crippen LogP contribution in [0.25, 0.3) is 0 Å². The number of nitrogens with one attached hydrogen (secondary N) is 1. The topological polar surface area (TPSA) is 73.8 Å². The lowest BCUT2D eigenvalue weighted by atomic mass is 10.2. The Kier molecular flexibility index (Phi) is 13.7. The summed E-state index contributed by atoms with van der Waals surface area (Å²) >= 11 is 0. The van der Waals surface area contributed by atoms with Crippen molar-refractivity contribution in [3.05, 3.63) is 48.0 Å². The summed E-state index contributed by atoms with van der Waals surface area (Å²) in [4.78, 5) is 27.0. The molecule has 0 aromatic carbocycles. The van der Waals surface area contributed by atoms with Crippen molar-refractivity contribution in [3.63, 3.8) is 0 Å². The van der Waals surface area contributed by atoms with E-state index in [-0.39, 0.29) is 25.9 Å². The van der Waals surface area contributed by atoms with Gasteiger partial charge in [0.05, 0.1) is 0 Å². The van der Waals surface area contributed by atoms with Crippen LogP contribution in [0.2, 0.25) is 0 Å². The number of hydrogen-bond donors (Lipinski definition) is 1. The number of carbonyl (C=O) groups excluding carboxylic acids is 1. The van der Waals surface area contributed by atoms with Gasteiger partial charge in [0.25, 0.3) is 0 Å². The molecule has 4 heterocycles. The normalized spacial score (nSPS) is 16.2. The number of aryl methyl sites for hydroxylation is 2. The average molecular weight is 535 g/mol. The number of aromatic nitrogens is 2. The molecule has 0 aliphatic carbocycles. The Morgan fingerprint density at radius 3 is 1.97 bits per heavy atom. The van der Waals surface area contributed by atoms with Crippen molar-refractivity contribution in [1.82, 2.24) is 20.2 Å². The van der Waals surface area contributed by atoms with Gasteiger partial charge in [0.15, 0.2) is 0 Å². The van der Waals surface area contributed by atoms with Crippen molar-refractivity contribution in [2.75, 3.05) is 62.2 Å². The molecule has 2 aromatic rings. The Morgan fingerprint density at radius 2 is 1.41 bits per heavy atom. The van der Waals surface area contributed by atoms with Crippen LogP contribution in [0.15, 0.2) is 36.9 Å². The molecular formula is C28H47ClN6O2. The summed E-state index contributed by atoms with van der Waals surface area (Å²) in [6.45, 7) is 17.6. The quantitative estimate of drug-likeness (QED) is 0.575. The SMILES string of the molecule is C.Cc1cnccc1N1CCCN(C(=O)OC(C)(C)C)CC1.Cc1cnccc1N1CCCNCC1.Cl. The van der Waals surface area contributed by atoms with E-state index >= 15 is 0 Å². The van der Waals surface area contributed by atoms with Gasteiger partial charge in [-0.05, 0) is 77.3 Å². The second-order valence-electron chi connectivity index (χ2n) is 10.2. The first-order chi connectivity index (χ1) is 16.7. The van der Waals surface area contributed by atoms with Crippen LogP contribution < -0.4 is 15.1 Å². The summed E-state index contributed by atoms with van der Waals surface area (Å²) in [6, 6.07) is 4.15. The zero-order valence-corrected chi connectivity index (χ0v) is 23.3. The van der Waals surface area contributed by atoms with Crippen LogP contribution in [0.1, 0.15) is 52.2 Å². The maximum Gasteiger partial charge on any atom is 0.410 e. The zero-order valence-electron chi connectivity index (χ0n) is 22.5. The molecule has 0 saturated carbocycles. The lowest BCUT2D eigenvalue weighted by Crippen LogP contribution is -2.39. The molecule has 0 atom stereocenters. The maximum atomic E-state index is 12.2. The summed E-state index contributed by atoms with van der Waals surface area (Å²) in [5.41, 5.74) is 4.54. The lowest BCUT2D eigenvalue weighted by molar-refractivity contribution is 0.0263. The molecule has 1 amide bonds. The van der Waals surface area contributed by atoms with Gasteiger partial charge >= 0.3 is 6.09 Å². The minimum absolute atomic E-state index is 0. The summed E-state index contributed by atoms with van der Waals surface area (Å²) in [7, 11) is 0. The van der Waals surface area contributed by atoms with Crippen LogP contribution in [0.3, 0.4) is 0 Å². The average Bonchev–Trinajstić information content (AvgIpc) is 3.23. The summed E-state index contributed by atoms with van der Waals surface area (Å²) < 4.78 is 5.46. The van der Waals surface area contributed by atoms with E-state index in [0.717, 1.165) is 52.2 Å². The van der Waals surface area contributed by atoms with Crippen LogP contribution in [-0.4, -0.2) is 78.9 Å². The van der Waals surface area contributed by atoms with Crippen molar-refractivity contribution in [2.24, 2.45) is 0 Å². The molecule has 2 fully saturated rings. The van der Waals surface area contributed by atoms with E-state index in [1.54, 1.807) is 0 Å². The van der Waals surface area contributed by atoms with Gasteiger partial charge in [-0.1, -0.05) is 7.43 Å². The number of halogens is 1. The minimum atomic E-state index is -0.440. The Bertz CT molecular complexity index is 944. The van der Waals surface area contributed by atoms with Crippen molar-refractivity contribution < 1.29 is 9.53 Å². The Hall–Kier alpha value is -2.58. The highest BCUT2D eigenvalue weighted by molar-refractivity contribution is 5.85. The standard InChI is InChI=1S/C16H25N3O2.C11H17N3.CH4.ClH/c1-13-12-17-7-6-14(13)18-8-5-9-19(11-10-18)15(20)21-16(2,3)4;1-10-9-13-5-3-11(10)14-7-2-4-12-6-8-14;;/h6-7,12H,5,8-11H2,1-4H3;3,5,9,12H,2,4,6-8H2,1H3;1H4;1H. The molecule has 0 bridgehead atoms. The van der Waals surface area contributed by atoms with Crippen LogP contribution in [0.4, 0.5) is 16.2 Å². The van der Waals surface area contributed by atoms with Crippen molar-refractivity contribution in [3.8, 4) is 0 Å². The van der Waals surface area contributed by atoms with Gasteiger partial charge in [0.2, 0.25) is 0 Å². The van der Waals surface area contributed by atoms with Crippen molar-refractivity contribution in [2.45, 2.75) is 60.5 Å². The number of carbonyl (C=O) groups is 1. The van der Waals surface area contributed by atoms with E-state index in [2.05, 4.69) is 45.0 Å². The van der Waals surface area contributed by atoms with E-state index in [1.165, 1.54) is 28.9 Å². The zero-order chi connectivity index (χ0) is 25.3. The second kappa shape index (κ2) is 15.6. The molecule has 2 aliphatic rings. The molecule has 0 spiro atoms. The number of pyridine rings is 2. The second-order valence-corrected chi connectivity index (χ2v) is 10.2. The lowest BCUT2D eigenvalue weighted by Gasteiger charge is -2.27. The fourth-order valence-electron chi connectivity index (χ4n) is 4.40. The molecule has 4 rings (SSSR count). The fourth-order valence-corrected chi connectivity index (χ4v) is 4.40. The summed E-state index contributed by atoms with van der Waals surface area (Å²) in [6.07, 6.45) is 9.47. The molecule has 0 radical (unpaired) electrons. The predicted molar refractivity (Wildman–Crippen MR) is 156 cm³/mol. The van der Waals surface area contributed by atoms with Crippen molar-refractivity contribution >= 4 is 29.9 Å². The highest BCUT2D eigenvalue weighted by Gasteiger charge is 2.24. The Morgan fingerprint density at radius 1 is 0.838 bits per heavy atom. The summed E-state index contributed by atoms with van der Waals surface area (Å²) in [5.74, 6) is 0. The first kappa shape index (κ1) is 32.4. The molecule has 9 heteroatoms. The Labute approximate surface area is 230 Å². The van der Waals surface area contributed by atoms with Gasteiger partial charge in [-0.3, -0.25) is 9.97 Å². The summed E-state index contributed by atoms with van der Waals surface area (Å²) in [5, 5.41) is 3.41. The number of nitrogens with zero attached hydrogens (tertiary/aromatic N) is 5. The van der Waals surface area contributed by atoms with E-state index in [4.69, 9.17) is 4.74 Å². The van der Waals surface area contributed by atoms with E-state index in [1.807, 2.05) is 56.5 Å². The maximum absolute atomic E-state index is 12.2. The monoisotopic (exact) mass is 534 g/mol. The number of rotatable bonds is 2. The smallest absolute Gasteiger partial charge is 0.410 e. The van der Waals surface area contributed by atoms with Crippen LogP contribution >= 0.6 is 12.4 Å². The van der Waals surface area contributed by atoms with Gasteiger partial charge in [0, 0.05) is 82.0 Å². The van der Waals surface area contributed by atoms with Crippen LogP contribution in [0, 0.1) is 13.8 Å². The minimum Gasteiger partial charge on any atom is -0.444 e. The third-order valence-corrected chi connectivity index (χ3v) is 6.15. The van der Waals surface area contributed by atoms with Crippen LogP contribution in [0.5, 0.6) is 0 Å². The number of hydrogen-bond acceptors (Lipinski definition) is 7. The molecule has 2 aliphatic heterocycles. The van der Waals surface area contributed by atoms with Crippen LogP contribution in [-0.2, 0) is 4.74 Å². The van der Waals surface area contributed by atoms with Gasteiger partial charge in [-0.25, -0.2) is 4.79 Å². The first-order valence-electron chi connectivity index (χ1n) is 12.7. The number of amides is 1. The van der Waals surface area contributed by atoms with E-state index in [0.29, 0.717) is 6.54 Å². The largest absolute Gasteiger partial charge is 0.444 e. The molecule has 37 heavy (non-hydrogen) atoms.